The van der Waals surface area contributed by atoms with Crippen LogP contribution in [0.5, 0.6) is 5.75 Å². The maximum Gasteiger partial charge on any atom is 0.573 e. The van der Waals surface area contributed by atoms with Gasteiger partial charge in [-0.2, -0.15) is 0 Å². The minimum Gasteiger partial charge on any atom is -0.406 e. The molecule has 0 saturated carbocycles. The van der Waals surface area contributed by atoms with E-state index in [1.54, 1.807) is 24.5 Å². The van der Waals surface area contributed by atoms with Crippen molar-refractivity contribution >= 4 is 5.69 Å². The molecule has 0 aliphatic rings. The summed E-state index contributed by atoms with van der Waals surface area (Å²) < 4.78 is 40.3. The fourth-order valence-electron chi connectivity index (χ4n) is 1.75. The van der Waals surface area contributed by atoms with Gasteiger partial charge in [0.05, 0.1) is 6.04 Å². The first-order chi connectivity index (χ1) is 9.44. The first-order valence-electron chi connectivity index (χ1n) is 5.96. The maximum atomic E-state index is 12.1. The summed E-state index contributed by atoms with van der Waals surface area (Å²) in [4.78, 5) is 4.00. The van der Waals surface area contributed by atoms with Crippen molar-refractivity contribution in [1.29, 1.82) is 0 Å². The number of aromatic nitrogens is 1. The molecule has 1 N–H and O–H groups in total. The Morgan fingerprint density at radius 3 is 2.65 bits per heavy atom. The number of nitrogens with one attached hydrogen (secondary N) is 1. The zero-order valence-corrected chi connectivity index (χ0v) is 10.7. The molecule has 1 heterocycles. The molecule has 2 aromatic rings. The van der Waals surface area contributed by atoms with Crippen molar-refractivity contribution < 1.29 is 17.9 Å². The zero-order chi connectivity index (χ0) is 14.6. The SMILES string of the molecule is CC(Nc1cccc(OC(F)(F)F)c1)c1cccnc1. The van der Waals surface area contributed by atoms with E-state index in [0.717, 1.165) is 5.56 Å². The fraction of sp³-hybridized carbons (Fsp3) is 0.214. The van der Waals surface area contributed by atoms with Crippen LogP contribution in [-0.2, 0) is 0 Å². The highest BCUT2D eigenvalue weighted by molar-refractivity contribution is 5.49. The second-order valence-electron chi connectivity index (χ2n) is 4.23. The average molecular weight is 282 g/mol. The molecule has 0 aliphatic heterocycles. The van der Waals surface area contributed by atoms with Gasteiger partial charge in [-0.25, -0.2) is 0 Å². The molecule has 0 aliphatic carbocycles. The summed E-state index contributed by atoms with van der Waals surface area (Å²) in [6.07, 6.45) is -1.32. The lowest BCUT2D eigenvalue weighted by molar-refractivity contribution is -0.274. The van der Waals surface area contributed by atoms with Crippen molar-refractivity contribution in [2.24, 2.45) is 0 Å². The zero-order valence-electron chi connectivity index (χ0n) is 10.7. The third-order valence-corrected chi connectivity index (χ3v) is 2.64. The number of hydrogen-bond donors (Lipinski definition) is 1. The number of pyridine rings is 1. The number of halogens is 3. The largest absolute Gasteiger partial charge is 0.573 e. The van der Waals surface area contributed by atoms with E-state index in [1.807, 2.05) is 13.0 Å². The Balaban J connectivity index is 2.08. The molecule has 2 rings (SSSR count). The quantitative estimate of drug-likeness (QED) is 0.914. The maximum absolute atomic E-state index is 12.1. The molecular weight excluding hydrogens is 269 g/mol. The van der Waals surface area contributed by atoms with Crippen LogP contribution in [0.25, 0.3) is 0 Å². The standard InChI is InChI=1S/C14H13F3N2O/c1-10(11-4-3-7-18-9-11)19-12-5-2-6-13(8-12)20-14(15,16)17/h2-10,19H,1H3. The van der Waals surface area contributed by atoms with Crippen LogP contribution in [0.15, 0.2) is 48.8 Å². The molecule has 20 heavy (non-hydrogen) atoms. The van der Waals surface area contributed by atoms with Crippen molar-refractivity contribution in [2.75, 3.05) is 5.32 Å². The molecule has 1 atom stereocenters. The number of ether oxygens (including phenoxy) is 1. The topological polar surface area (TPSA) is 34.1 Å². The van der Waals surface area contributed by atoms with E-state index >= 15 is 0 Å². The normalized spacial score (nSPS) is 12.8. The lowest BCUT2D eigenvalue weighted by Gasteiger charge is -2.16. The highest BCUT2D eigenvalue weighted by Gasteiger charge is 2.31. The molecule has 0 fully saturated rings. The smallest absolute Gasteiger partial charge is 0.406 e. The molecule has 6 heteroatoms. The van der Waals surface area contributed by atoms with E-state index in [2.05, 4.69) is 15.0 Å². The van der Waals surface area contributed by atoms with E-state index < -0.39 is 6.36 Å². The Bertz CT molecular complexity index is 558. The summed E-state index contributed by atoms with van der Waals surface area (Å²) in [5.41, 5.74) is 1.48. The number of alkyl halides is 3. The van der Waals surface area contributed by atoms with Crippen LogP contribution >= 0.6 is 0 Å². The summed E-state index contributed by atoms with van der Waals surface area (Å²) in [6.45, 7) is 1.90. The summed E-state index contributed by atoms with van der Waals surface area (Å²) in [6, 6.07) is 9.35. The van der Waals surface area contributed by atoms with Gasteiger partial charge >= 0.3 is 6.36 Å². The van der Waals surface area contributed by atoms with Crippen molar-refractivity contribution in [1.82, 2.24) is 4.98 Å². The van der Waals surface area contributed by atoms with Crippen molar-refractivity contribution in [3.05, 3.63) is 54.4 Å². The van der Waals surface area contributed by atoms with Crippen LogP contribution in [-0.4, -0.2) is 11.3 Å². The van der Waals surface area contributed by atoms with Gasteiger partial charge in [0.15, 0.2) is 0 Å². The van der Waals surface area contributed by atoms with E-state index in [1.165, 1.54) is 18.2 Å². The van der Waals surface area contributed by atoms with Crippen LogP contribution in [0.1, 0.15) is 18.5 Å². The van der Waals surface area contributed by atoms with Gasteiger partial charge < -0.3 is 10.1 Å². The lowest BCUT2D eigenvalue weighted by atomic mass is 10.1. The third kappa shape index (κ3) is 4.15. The number of nitrogens with zero attached hydrogens (tertiary/aromatic N) is 1. The Morgan fingerprint density at radius 2 is 2.00 bits per heavy atom. The molecular formula is C14H13F3N2O. The molecule has 0 radical (unpaired) electrons. The van der Waals surface area contributed by atoms with Gasteiger partial charge in [0.1, 0.15) is 5.75 Å². The molecule has 1 aromatic heterocycles. The minimum absolute atomic E-state index is 0.0789. The van der Waals surface area contributed by atoms with Crippen molar-refractivity contribution in [3.8, 4) is 5.75 Å². The van der Waals surface area contributed by atoms with Gasteiger partial charge in [-0.15, -0.1) is 13.2 Å². The van der Waals surface area contributed by atoms with E-state index in [4.69, 9.17) is 0 Å². The first-order valence-corrected chi connectivity index (χ1v) is 5.96. The number of benzene rings is 1. The lowest BCUT2D eigenvalue weighted by Crippen LogP contribution is -2.17. The fourth-order valence-corrected chi connectivity index (χ4v) is 1.75. The molecule has 0 spiro atoms. The van der Waals surface area contributed by atoms with Gasteiger partial charge in [0.25, 0.3) is 0 Å². The molecule has 106 valence electrons. The van der Waals surface area contributed by atoms with E-state index in [0.29, 0.717) is 5.69 Å². The Hall–Kier alpha value is -2.24. The number of hydrogen-bond acceptors (Lipinski definition) is 3. The van der Waals surface area contributed by atoms with Gasteiger partial charge in [0, 0.05) is 24.1 Å². The van der Waals surface area contributed by atoms with Crippen LogP contribution in [0, 0.1) is 0 Å². The highest BCUT2D eigenvalue weighted by Crippen LogP contribution is 2.26. The van der Waals surface area contributed by atoms with Crippen LogP contribution in [0.4, 0.5) is 18.9 Å². The van der Waals surface area contributed by atoms with Gasteiger partial charge in [-0.05, 0) is 30.7 Å². The van der Waals surface area contributed by atoms with Crippen LogP contribution < -0.4 is 10.1 Å². The van der Waals surface area contributed by atoms with E-state index in [9.17, 15) is 13.2 Å². The monoisotopic (exact) mass is 282 g/mol. The molecule has 1 unspecified atom stereocenters. The van der Waals surface area contributed by atoms with Gasteiger partial charge in [-0.3, -0.25) is 4.98 Å². The highest BCUT2D eigenvalue weighted by atomic mass is 19.4. The summed E-state index contributed by atoms with van der Waals surface area (Å²) in [5, 5.41) is 3.10. The molecule has 0 saturated heterocycles. The number of anilines is 1. The molecule has 0 amide bonds. The predicted molar refractivity (Wildman–Crippen MR) is 69.4 cm³/mol. The molecule has 1 aromatic carbocycles. The second kappa shape index (κ2) is 5.81. The first kappa shape index (κ1) is 14.2. The summed E-state index contributed by atoms with van der Waals surface area (Å²) in [5.74, 6) is -0.249. The second-order valence-corrected chi connectivity index (χ2v) is 4.23. The molecule has 0 bridgehead atoms. The average Bonchev–Trinajstić information content (AvgIpc) is 2.38. The van der Waals surface area contributed by atoms with Crippen LogP contribution in [0.3, 0.4) is 0 Å². The van der Waals surface area contributed by atoms with Gasteiger partial charge in [0.2, 0.25) is 0 Å². The summed E-state index contributed by atoms with van der Waals surface area (Å²) >= 11 is 0. The third-order valence-electron chi connectivity index (χ3n) is 2.64. The minimum atomic E-state index is -4.69. The van der Waals surface area contributed by atoms with Gasteiger partial charge in [-0.1, -0.05) is 12.1 Å². The van der Waals surface area contributed by atoms with E-state index in [-0.39, 0.29) is 11.8 Å². The molecule has 3 nitrogen and oxygen atoms in total. The van der Waals surface area contributed by atoms with Crippen molar-refractivity contribution in [3.63, 3.8) is 0 Å². The Labute approximate surface area is 114 Å². The Morgan fingerprint density at radius 1 is 1.20 bits per heavy atom. The van der Waals surface area contributed by atoms with Crippen LogP contribution in [0.2, 0.25) is 0 Å². The summed E-state index contributed by atoms with van der Waals surface area (Å²) in [7, 11) is 0. The van der Waals surface area contributed by atoms with Crippen molar-refractivity contribution in [2.45, 2.75) is 19.3 Å². The predicted octanol–water partition coefficient (Wildman–Crippen LogP) is 4.15. The number of rotatable bonds is 4. The Kier molecular flexibility index (Phi) is 4.12.